The number of sulfonamides is 1. The molecule has 10 heteroatoms. The second-order valence-electron chi connectivity index (χ2n) is 6.18. The average molecular weight is 401 g/mol. The largest absolute Gasteiger partial charge is 0.574 e. The van der Waals surface area contributed by atoms with E-state index in [1.54, 1.807) is 0 Å². The van der Waals surface area contributed by atoms with Gasteiger partial charge in [-0.2, -0.15) is 0 Å². The van der Waals surface area contributed by atoms with E-state index in [-0.39, 0.29) is 4.90 Å². The molecule has 0 saturated carbocycles. The Bertz CT molecular complexity index is 866. The fraction of sp³-hybridized carbons (Fsp3) is 0.353. The van der Waals surface area contributed by atoms with Gasteiger partial charge in [-0.05, 0) is 37.6 Å². The van der Waals surface area contributed by atoms with Crippen molar-refractivity contribution in [3.8, 4) is 5.88 Å². The van der Waals surface area contributed by atoms with Crippen molar-refractivity contribution in [2.75, 3.05) is 13.1 Å². The summed E-state index contributed by atoms with van der Waals surface area (Å²) < 4.78 is 68.8. The molecular formula is C17H18F3N3O3S. The number of rotatable bonds is 5. The molecule has 2 heterocycles. The molecule has 0 amide bonds. The highest BCUT2D eigenvalue weighted by Gasteiger charge is 2.38. The lowest BCUT2D eigenvalue weighted by molar-refractivity contribution is -0.276. The molecule has 1 fully saturated rings. The van der Waals surface area contributed by atoms with Gasteiger partial charge in [0, 0.05) is 6.07 Å². The Balaban J connectivity index is 1.87. The highest BCUT2D eigenvalue weighted by molar-refractivity contribution is 7.89. The smallest absolute Gasteiger partial charge is 0.388 e. The summed E-state index contributed by atoms with van der Waals surface area (Å²) in [5.74, 6) is -0.721. The standard InChI is InChI=1S/C17H18F3N3O3S/c18-17(19,20)26-15-7-6-14(12-22-15)27(24,25)23-16(8-10-21-11-9-16)13-4-2-1-3-5-13/h1-7,12,21,23H,8-11H2. The third-order valence-corrected chi connectivity index (χ3v) is 5.87. The number of hydrogen-bond donors (Lipinski definition) is 2. The number of piperidine rings is 1. The van der Waals surface area contributed by atoms with E-state index in [0.717, 1.165) is 23.9 Å². The number of halogens is 3. The van der Waals surface area contributed by atoms with E-state index in [2.05, 4.69) is 19.8 Å². The normalized spacial score (nSPS) is 17.4. The van der Waals surface area contributed by atoms with Gasteiger partial charge < -0.3 is 10.1 Å². The highest BCUT2D eigenvalue weighted by atomic mass is 32.2. The van der Waals surface area contributed by atoms with Crippen LogP contribution in [0.4, 0.5) is 13.2 Å². The molecule has 1 aliphatic heterocycles. The lowest BCUT2D eigenvalue weighted by Crippen LogP contribution is -2.52. The number of hydrogen-bond acceptors (Lipinski definition) is 5. The second kappa shape index (κ2) is 7.45. The third kappa shape index (κ3) is 4.76. The molecule has 0 aliphatic carbocycles. The first-order valence-corrected chi connectivity index (χ1v) is 9.71. The van der Waals surface area contributed by atoms with Crippen molar-refractivity contribution in [1.82, 2.24) is 15.0 Å². The summed E-state index contributed by atoms with van der Waals surface area (Å²) in [7, 11) is -4.00. The van der Waals surface area contributed by atoms with Crippen LogP contribution in [0.3, 0.4) is 0 Å². The Morgan fingerprint density at radius 2 is 1.74 bits per heavy atom. The minimum atomic E-state index is -4.89. The maximum atomic E-state index is 12.8. The van der Waals surface area contributed by atoms with Crippen LogP contribution in [0.2, 0.25) is 0 Å². The SMILES string of the molecule is O=S(=O)(NC1(c2ccccc2)CCNCC1)c1ccc(OC(F)(F)F)nc1. The summed E-state index contributed by atoms with van der Waals surface area (Å²) in [6, 6.07) is 11.1. The summed E-state index contributed by atoms with van der Waals surface area (Å²) in [5, 5.41) is 3.19. The molecule has 1 saturated heterocycles. The number of ether oxygens (including phenoxy) is 1. The minimum Gasteiger partial charge on any atom is -0.388 e. The zero-order valence-corrected chi connectivity index (χ0v) is 15.0. The number of aromatic nitrogens is 1. The summed E-state index contributed by atoms with van der Waals surface area (Å²) in [5.41, 5.74) is 0.0343. The van der Waals surface area contributed by atoms with Crippen LogP contribution in [0, 0.1) is 0 Å². The van der Waals surface area contributed by atoms with Gasteiger partial charge >= 0.3 is 6.36 Å². The summed E-state index contributed by atoms with van der Waals surface area (Å²) >= 11 is 0. The molecule has 0 atom stereocenters. The second-order valence-corrected chi connectivity index (χ2v) is 7.87. The molecule has 2 aromatic rings. The average Bonchev–Trinajstić information content (AvgIpc) is 2.62. The molecular weight excluding hydrogens is 383 g/mol. The monoisotopic (exact) mass is 401 g/mol. The maximum absolute atomic E-state index is 12.8. The maximum Gasteiger partial charge on any atom is 0.574 e. The quantitative estimate of drug-likeness (QED) is 0.805. The van der Waals surface area contributed by atoms with E-state index >= 15 is 0 Å². The first-order chi connectivity index (χ1) is 12.7. The molecule has 1 aliphatic rings. The molecule has 1 aromatic carbocycles. The molecule has 1 aromatic heterocycles. The Kier molecular flexibility index (Phi) is 5.41. The van der Waals surface area contributed by atoms with Gasteiger partial charge in [-0.3, -0.25) is 0 Å². The van der Waals surface area contributed by atoms with Gasteiger partial charge in [-0.15, -0.1) is 13.2 Å². The molecule has 27 heavy (non-hydrogen) atoms. The van der Waals surface area contributed by atoms with Crippen LogP contribution in [0.25, 0.3) is 0 Å². The fourth-order valence-electron chi connectivity index (χ4n) is 3.08. The summed E-state index contributed by atoms with van der Waals surface area (Å²) in [6.07, 6.45) is -2.96. The van der Waals surface area contributed by atoms with E-state index in [1.807, 2.05) is 30.3 Å². The molecule has 0 radical (unpaired) electrons. The van der Waals surface area contributed by atoms with Crippen LogP contribution < -0.4 is 14.8 Å². The first kappa shape index (κ1) is 19.6. The molecule has 0 spiro atoms. The van der Waals surface area contributed by atoms with Crippen LogP contribution in [0.1, 0.15) is 18.4 Å². The van der Waals surface area contributed by atoms with E-state index in [9.17, 15) is 21.6 Å². The number of nitrogens with one attached hydrogen (secondary N) is 2. The van der Waals surface area contributed by atoms with Crippen molar-refractivity contribution in [3.63, 3.8) is 0 Å². The predicted octanol–water partition coefficient (Wildman–Crippen LogP) is 2.54. The van der Waals surface area contributed by atoms with Gasteiger partial charge in [0.05, 0.1) is 11.7 Å². The van der Waals surface area contributed by atoms with Crippen molar-refractivity contribution in [1.29, 1.82) is 0 Å². The lowest BCUT2D eigenvalue weighted by atomic mass is 9.82. The van der Waals surface area contributed by atoms with Gasteiger partial charge in [0.15, 0.2) is 0 Å². The highest BCUT2D eigenvalue weighted by Crippen LogP contribution is 2.32. The zero-order valence-electron chi connectivity index (χ0n) is 14.2. The van der Waals surface area contributed by atoms with E-state index in [0.29, 0.717) is 25.9 Å². The van der Waals surface area contributed by atoms with Crippen molar-refractivity contribution < 1.29 is 26.3 Å². The van der Waals surface area contributed by atoms with Gasteiger partial charge in [0.2, 0.25) is 15.9 Å². The molecule has 0 unspecified atom stereocenters. The zero-order chi connectivity index (χ0) is 19.5. The number of nitrogens with zero attached hydrogens (tertiary/aromatic N) is 1. The molecule has 2 N–H and O–H groups in total. The van der Waals surface area contributed by atoms with Gasteiger partial charge in [0.1, 0.15) is 4.90 Å². The van der Waals surface area contributed by atoms with E-state index < -0.39 is 27.8 Å². The van der Waals surface area contributed by atoms with Crippen molar-refractivity contribution >= 4 is 10.0 Å². The molecule has 0 bridgehead atoms. The molecule has 146 valence electrons. The first-order valence-electron chi connectivity index (χ1n) is 8.22. The minimum absolute atomic E-state index is 0.231. The predicted molar refractivity (Wildman–Crippen MR) is 91.5 cm³/mol. The third-order valence-electron chi connectivity index (χ3n) is 4.35. The van der Waals surface area contributed by atoms with Crippen molar-refractivity contribution in [3.05, 3.63) is 54.2 Å². The Labute approximate surface area is 154 Å². The number of benzene rings is 1. The van der Waals surface area contributed by atoms with E-state index in [4.69, 9.17) is 0 Å². The van der Waals surface area contributed by atoms with Gasteiger partial charge in [-0.1, -0.05) is 30.3 Å². The number of alkyl halides is 3. The van der Waals surface area contributed by atoms with Crippen molar-refractivity contribution in [2.45, 2.75) is 29.6 Å². The van der Waals surface area contributed by atoms with Crippen LogP contribution in [-0.4, -0.2) is 32.9 Å². The fourth-order valence-corrected chi connectivity index (χ4v) is 4.47. The van der Waals surface area contributed by atoms with Crippen LogP contribution in [0.15, 0.2) is 53.6 Å². The van der Waals surface area contributed by atoms with Crippen molar-refractivity contribution in [2.24, 2.45) is 0 Å². The molecule has 3 rings (SSSR count). The lowest BCUT2D eigenvalue weighted by Gasteiger charge is -2.38. The van der Waals surface area contributed by atoms with Crippen LogP contribution in [-0.2, 0) is 15.6 Å². The Hall–Kier alpha value is -2.17. The number of pyridine rings is 1. The van der Waals surface area contributed by atoms with Gasteiger partial charge in [0.25, 0.3) is 0 Å². The summed E-state index contributed by atoms with van der Waals surface area (Å²) in [4.78, 5) is 3.21. The Morgan fingerprint density at radius 1 is 1.07 bits per heavy atom. The molecule has 6 nitrogen and oxygen atoms in total. The topological polar surface area (TPSA) is 80.3 Å². The van der Waals surface area contributed by atoms with Gasteiger partial charge in [-0.25, -0.2) is 18.1 Å². The van der Waals surface area contributed by atoms with Crippen LogP contribution >= 0.6 is 0 Å². The van der Waals surface area contributed by atoms with E-state index in [1.165, 1.54) is 0 Å². The summed E-state index contributed by atoms with van der Waals surface area (Å²) in [6.45, 7) is 1.27. The Morgan fingerprint density at radius 3 is 2.30 bits per heavy atom. The van der Waals surface area contributed by atoms with Crippen LogP contribution in [0.5, 0.6) is 5.88 Å².